The molecule has 214 valence electrons. The number of carbonyl (C=O) groups excluding carboxylic acids is 1. The van der Waals surface area contributed by atoms with Crippen molar-refractivity contribution in [2.45, 2.75) is 97.4 Å². The van der Waals surface area contributed by atoms with Gasteiger partial charge in [-0.05, 0) is 30.7 Å². The third kappa shape index (κ3) is 12.0. The molecule has 1 amide bonds. The molecule has 0 radical (unpaired) electrons. The Morgan fingerprint density at radius 3 is 2.21 bits per heavy atom. The van der Waals surface area contributed by atoms with Gasteiger partial charge in [-0.15, -0.1) is 0 Å². The topological polar surface area (TPSA) is 42.2 Å². The second-order valence-electron chi connectivity index (χ2n) is 10.1. The van der Waals surface area contributed by atoms with Crippen molar-refractivity contribution in [3.05, 3.63) is 75.2 Å². The summed E-state index contributed by atoms with van der Waals surface area (Å²) in [6, 6.07) is 13.3. The molecule has 0 atom stereocenters. The van der Waals surface area contributed by atoms with Crippen LogP contribution in [-0.4, -0.2) is 12.5 Å². The summed E-state index contributed by atoms with van der Waals surface area (Å²) in [4.78, 5) is 13.2. The zero-order valence-corrected chi connectivity index (χ0v) is 26.7. The van der Waals surface area contributed by atoms with Gasteiger partial charge in [0.2, 0.25) is 5.01 Å². The molecule has 0 saturated heterocycles. The van der Waals surface area contributed by atoms with Gasteiger partial charge in [-0.2, -0.15) is 4.57 Å². The number of halogens is 2. The maximum Gasteiger partial charge on any atom is 0.259 e. The average molecular weight is 636 g/mol. The second kappa shape index (κ2) is 19.2. The van der Waals surface area contributed by atoms with Gasteiger partial charge in [0.25, 0.3) is 5.91 Å². The molecule has 7 heteroatoms. The maximum atomic E-state index is 13.2. The summed E-state index contributed by atoms with van der Waals surface area (Å²) in [5, 5.41) is 6.82. The number of aryl methyl sites for hydroxylation is 1. The van der Waals surface area contributed by atoms with Crippen LogP contribution >= 0.6 is 22.9 Å². The third-order valence-corrected chi connectivity index (χ3v) is 8.01. The number of nitrogens with one attached hydrogen (secondary N) is 1. The van der Waals surface area contributed by atoms with Gasteiger partial charge in [0.15, 0.2) is 18.5 Å². The molecule has 0 aliphatic rings. The summed E-state index contributed by atoms with van der Waals surface area (Å²) in [6.45, 7) is 5.70. The molecule has 0 unspecified atom stereocenters. The van der Waals surface area contributed by atoms with E-state index in [0.717, 1.165) is 30.6 Å². The van der Waals surface area contributed by atoms with Gasteiger partial charge < -0.3 is 27.0 Å². The van der Waals surface area contributed by atoms with Crippen LogP contribution in [0.4, 0.5) is 5.69 Å². The first-order chi connectivity index (χ1) is 18.6. The predicted molar refractivity (Wildman–Crippen MR) is 161 cm³/mol. The quantitative estimate of drug-likeness (QED) is 0.130. The molecule has 0 aliphatic heterocycles. The first kappa shape index (κ1) is 33.3. The van der Waals surface area contributed by atoms with Gasteiger partial charge in [-0.25, -0.2) is 0 Å². The molecule has 0 fully saturated rings. The lowest BCUT2D eigenvalue weighted by Crippen LogP contribution is -3.00. The number of benzene rings is 2. The standard InChI is InChI=1S/C32H43ClN2O2S.BrH/c1-3-4-5-6-7-8-9-10-11-12-13-14-22-37-31-29(19-16-20-30(31)33)32(36)34-28-18-15-17-27(24-28)25-35-21-23-38-26(35)2;/h15-21,23-24H,3-14,22,25H2,1-2H3;1H. The summed E-state index contributed by atoms with van der Waals surface area (Å²) in [5.41, 5.74) is 2.35. The lowest BCUT2D eigenvalue weighted by atomic mass is 10.1. The summed E-state index contributed by atoms with van der Waals surface area (Å²) in [5.74, 6) is 0.254. The largest absolute Gasteiger partial charge is 1.00 e. The number of ether oxygens (including phenoxy) is 1. The molecule has 1 N–H and O–H groups in total. The van der Waals surface area contributed by atoms with Gasteiger partial charge in [-0.1, -0.05) is 119 Å². The lowest BCUT2D eigenvalue weighted by Gasteiger charge is -2.13. The highest BCUT2D eigenvalue weighted by molar-refractivity contribution is 7.09. The Balaban J connectivity index is 0.00000533. The fourth-order valence-corrected chi connectivity index (χ4v) is 5.53. The maximum absolute atomic E-state index is 13.2. The first-order valence-corrected chi connectivity index (χ1v) is 15.6. The van der Waals surface area contributed by atoms with Crippen LogP contribution in [0.1, 0.15) is 105 Å². The van der Waals surface area contributed by atoms with Crippen LogP contribution in [0, 0.1) is 6.92 Å². The van der Waals surface area contributed by atoms with Crippen LogP contribution in [0.2, 0.25) is 5.02 Å². The van der Waals surface area contributed by atoms with Crippen molar-refractivity contribution in [3.8, 4) is 5.75 Å². The minimum Gasteiger partial charge on any atom is -1.00 e. The van der Waals surface area contributed by atoms with E-state index in [1.165, 1.54) is 69.2 Å². The van der Waals surface area contributed by atoms with Crippen molar-refractivity contribution in [1.82, 2.24) is 0 Å². The van der Waals surface area contributed by atoms with E-state index in [-0.39, 0.29) is 22.9 Å². The van der Waals surface area contributed by atoms with Crippen LogP contribution < -0.4 is 31.6 Å². The second-order valence-corrected chi connectivity index (χ2v) is 11.6. The summed E-state index contributed by atoms with van der Waals surface area (Å²) < 4.78 is 8.23. The number of hydrogen-bond donors (Lipinski definition) is 1. The number of unbranched alkanes of at least 4 members (excludes halogenated alkanes) is 11. The van der Waals surface area contributed by atoms with Crippen LogP contribution in [0.15, 0.2) is 54.0 Å². The highest BCUT2D eigenvalue weighted by Gasteiger charge is 2.17. The summed E-state index contributed by atoms with van der Waals surface area (Å²) in [7, 11) is 0. The van der Waals surface area contributed by atoms with Crippen molar-refractivity contribution >= 4 is 34.5 Å². The van der Waals surface area contributed by atoms with E-state index < -0.39 is 0 Å². The van der Waals surface area contributed by atoms with Crippen molar-refractivity contribution in [3.63, 3.8) is 0 Å². The van der Waals surface area contributed by atoms with E-state index in [0.29, 0.717) is 22.9 Å². The fraction of sp³-hybridized carbons (Fsp3) is 0.500. The molecule has 0 aliphatic carbocycles. The number of rotatable bonds is 18. The first-order valence-electron chi connectivity index (χ1n) is 14.3. The lowest BCUT2D eigenvalue weighted by molar-refractivity contribution is -0.689. The fourth-order valence-electron chi connectivity index (χ4n) is 4.63. The zero-order valence-electron chi connectivity index (χ0n) is 23.5. The highest BCUT2D eigenvalue weighted by atomic mass is 79.9. The monoisotopic (exact) mass is 634 g/mol. The van der Waals surface area contributed by atoms with Gasteiger partial charge in [0, 0.05) is 18.2 Å². The van der Waals surface area contributed by atoms with Gasteiger partial charge in [-0.3, -0.25) is 4.79 Å². The van der Waals surface area contributed by atoms with Crippen LogP contribution in [-0.2, 0) is 6.54 Å². The molecule has 39 heavy (non-hydrogen) atoms. The third-order valence-electron chi connectivity index (χ3n) is 6.88. The normalized spacial score (nSPS) is 10.7. The highest BCUT2D eigenvalue weighted by Crippen LogP contribution is 2.30. The molecular formula is C32H44BrClN2O2S. The molecule has 3 rings (SSSR count). The molecular weight excluding hydrogens is 592 g/mol. The van der Waals surface area contributed by atoms with Crippen molar-refractivity contribution < 1.29 is 31.1 Å². The van der Waals surface area contributed by atoms with Crippen molar-refractivity contribution in [2.24, 2.45) is 0 Å². The molecule has 0 bridgehead atoms. The van der Waals surface area contributed by atoms with Crippen molar-refractivity contribution in [2.75, 3.05) is 11.9 Å². The number of nitrogens with zero attached hydrogens (tertiary/aromatic N) is 1. The van der Waals surface area contributed by atoms with Gasteiger partial charge in [0.1, 0.15) is 0 Å². The Bertz CT molecular complexity index is 1120. The predicted octanol–water partition coefficient (Wildman–Crippen LogP) is 6.38. The Kier molecular flexibility index (Phi) is 16.4. The van der Waals surface area contributed by atoms with Crippen LogP contribution in [0.25, 0.3) is 0 Å². The van der Waals surface area contributed by atoms with E-state index >= 15 is 0 Å². The molecule has 3 aromatic rings. The van der Waals surface area contributed by atoms with E-state index in [2.05, 4.69) is 41.4 Å². The number of amides is 1. The molecule has 2 aromatic carbocycles. The number of anilines is 1. The Morgan fingerprint density at radius 2 is 1.56 bits per heavy atom. The van der Waals surface area contributed by atoms with Crippen molar-refractivity contribution in [1.29, 1.82) is 0 Å². The minimum atomic E-state index is -0.214. The Hall–Kier alpha value is -1.89. The molecule has 1 aromatic heterocycles. The van der Waals surface area contributed by atoms with E-state index in [9.17, 15) is 4.79 Å². The van der Waals surface area contributed by atoms with E-state index in [1.54, 1.807) is 29.5 Å². The minimum absolute atomic E-state index is 0. The number of carbonyl (C=O) groups is 1. The van der Waals surface area contributed by atoms with Gasteiger partial charge in [0.05, 0.1) is 22.6 Å². The molecule has 0 spiro atoms. The number of thiazole rings is 1. The number of hydrogen-bond acceptors (Lipinski definition) is 3. The molecule has 1 heterocycles. The van der Waals surface area contributed by atoms with E-state index in [4.69, 9.17) is 16.3 Å². The SMILES string of the molecule is CCCCCCCCCCCCCCOc1c(Cl)cccc1C(=O)Nc1cccc(C[n+]2ccsc2C)c1.[Br-]. The number of para-hydroxylation sites is 1. The number of aromatic nitrogens is 1. The Morgan fingerprint density at radius 1 is 0.923 bits per heavy atom. The van der Waals surface area contributed by atoms with Gasteiger partial charge >= 0.3 is 0 Å². The average Bonchev–Trinajstić information content (AvgIpc) is 3.31. The molecule has 0 saturated carbocycles. The van der Waals surface area contributed by atoms with Crippen LogP contribution in [0.5, 0.6) is 5.75 Å². The Labute approximate surface area is 254 Å². The van der Waals surface area contributed by atoms with E-state index in [1.807, 2.05) is 18.2 Å². The zero-order chi connectivity index (χ0) is 27.0. The summed E-state index contributed by atoms with van der Waals surface area (Å²) >= 11 is 8.16. The van der Waals surface area contributed by atoms with Crippen LogP contribution in [0.3, 0.4) is 0 Å². The summed E-state index contributed by atoms with van der Waals surface area (Å²) in [6.07, 6.45) is 17.6. The smallest absolute Gasteiger partial charge is 0.259 e. The molecule has 4 nitrogen and oxygen atoms in total.